The van der Waals surface area contributed by atoms with Gasteiger partial charge in [-0.2, -0.15) is 0 Å². The van der Waals surface area contributed by atoms with E-state index in [1.807, 2.05) is 0 Å². The van der Waals surface area contributed by atoms with Gasteiger partial charge in [0.2, 0.25) is 0 Å². The maximum absolute atomic E-state index is 13.0. The van der Waals surface area contributed by atoms with Crippen LogP contribution in [0, 0.1) is 11.7 Å². The van der Waals surface area contributed by atoms with E-state index < -0.39 is 0 Å². The van der Waals surface area contributed by atoms with Crippen LogP contribution in [0.2, 0.25) is 0 Å². The summed E-state index contributed by atoms with van der Waals surface area (Å²) in [6.07, 6.45) is 5.21. The quantitative estimate of drug-likeness (QED) is 0.858. The molecule has 112 valence electrons. The molecule has 3 nitrogen and oxygen atoms in total. The minimum absolute atomic E-state index is 0.230. The van der Waals surface area contributed by atoms with Crippen molar-refractivity contribution in [3.63, 3.8) is 0 Å². The smallest absolute Gasteiger partial charge is 0.127 e. The molecule has 3 rings (SSSR count). The molecule has 21 heavy (non-hydrogen) atoms. The number of hydrogen-bond donors (Lipinski definition) is 0. The minimum Gasteiger partial charge on any atom is -0.364 e. The van der Waals surface area contributed by atoms with Crippen LogP contribution in [0.15, 0.2) is 35.1 Å². The molecule has 1 aromatic heterocycles. The average molecular weight is 288 g/mol. The van der Waals surface area contributed by atoms with E-state index in [1.165, 1.54) is 38.1 Å². The van der Waals surface area contributed by atoms with Crippen molar-refractivity contribution in [2.75, 3.05) is 19.6 Å². The molecule has 1 saturated heterocycles. The zero-order valence-electron chi connectivity index (χ0n) is 12.4. The maximum Gasteiger partial charge on any atom is 0.127 e. The molecule has 1 fully saturated rings. The lowest BCUT2D eigenvalue weighted by atomic mass is 9.98. The Hall–Kier alpha value is -1.68. The van der Waals surface area contributed by atoms with Crippen molar-refractivity contribution in [1.82, 2.24) is 10.1 Å². The van der Waals surface area contributed by atoms with Crippen LogP contribution in [0.5, 0.6) is 0 Å². The van der Waals surface area contributed by atoms with Crippen molar-refractivity contribution in [3.05, 3.63) is 41.9 Å². The van der Waals surface area contributed by atoms with Crippen molar-refractivity contribution in [2.45, 2.75) is 26.2 Å². The molecule has 0 atom stereocenters. The van der Waals surface area contributed by atoms with Gasteiger partial charge in [0.15, 0.2) is 0 Å². The maximum atomic E-state index is 13.0. The van der Waals surface area contributed by atoms with Crippen LogP contribution >= 0.6 is 0 Å². The fraction of sp³-hybridized carbons (Fsp3) is 0.471. The van der Waals surface area contributed by atoms with Crippen molar-refractivity contribution < 1.29 is 8.91 Å². The lowest BCUT2D eigenvalue weighted by Crippen LogP contribution is -2.34. The highest BCUT2D eigenvalue weighted by Crippen LogP contribution is 2.23. The predicted octanol–water partition coefficient (Wildman–Crippen LogP) is 3.76. The highest BCUT2D eigenvalue weighted by molar-refractivity contribution is 5.62. The van der Waals surface area contributed by atoms with Crippen molar-refractivity contribution in [2.24, 2.45) is 5.92 Å². The Morgan fingerprint density at radius 1 is 1.24 bits per heavy atom. The van der Waals surface area contributed by atoms with Crippen LogP contribution < -0.4 is 0 Å². The van der Waals surface area contributed by atoms with Gasteiger partial charge in [-0.15, -0.1) is 0 Å². The lowest BCUT2D eigenvalue weighted by Gasteiger charge is -2.29. The number of nitrogens with zero attached hydrogens (tertiary/aromatic N) is 2. The molecule has 1 aliphatic rings. The van der Waals surface area contributed by atoms with E-state index in [-0.39, 0.29) is 5.82 Å². The van der Waals surface area contributed by atoms with Gasteiger partial charge in [0.25, 0.3) is 0 Å². The van der Waals surface area contributed by atoms with Gasteiger partial charge >= 0.3 is 0 Å². The average Bonchev–Trinajstić information content (AvgIpc) is 2.96. The second-order valence-corrected chi connectivity index (χ2v) is 5.97. The number of halogens is 1. The van der Waals surface area contributed by atoms with Crippen LogP contribution in [0.3, 0.4) is 0 Å². The minimum atomic E-state index is -0.230. The van der Waals surface area contributed by atoms with Gasteiger partial charge in [0.05, 0.1) is 0 Å². The zero-order chi connectivity index (χ0) is 14.7. The zero-order valence-corrected chi connectivity index (χ0v) is 12.4. The largest absolute Gasteiger partial charge is 0.364 e. The summed E-state index contributed by atoms with van der Waals surface area (Å²) in [4.78, 5) is 2.50. The molecular formula is C17H21FN2O. The molecule has 0 amide bonds. The third-order valence-corrected chi connectivity index (χ3v) is 4.33. The number of rotatable bonds is 4. The molecule has 4 heteroatoms. The van der Waals surface area contributed by atoms with Crippen LogP contribution in [0.25, 0.3) is 11.3 Å². The first-order valence-electron chi connectivity index (χ1n) is 7.64. The van der Waals surface area contributed by atoms with Crippen LogP contribution in [0.4, 0.5) is 4.39 Å². The molecule has 0 N–H and O–H groups in total. The number of piperidine rings is 1. The molecule has 0 spiro atoms. The third kappa shape index (κ3) is 3.50. The Morgan fingerprint density at radius 2 is 1.95 bits per heavy atom. The monoisotopic (exact) mass is 288 g/mol. The number of likely N-dealkylation sites (tertiary alicyclic amines) is 1. The summed E-state index contributed by atoms with van der Waals surface area (Å²) in [5.41, 5.74) is 2.84. The van der Waals surface area contributed by atoms with Gasteiger partial charge in [-0.05, 0) is 62.5 Å². The van der Waals surface area contributed by atoms with Crippen LogP contribution in [-0.2, 0) is 6.42 Å². The van der Waals surface area contributed by atoms with Crippen molar-refractivity contribution in [1.29, 1.82) is 0 Å². The number of hydrogen-bond acceptors (Lipinski definition) is 3. The summed E-state index contributed by atoms with van der Waals surface area (Å²) in [6.45, 7) is 5.71. The van der Waals surface area contributed by atoms with Gasteiger partial charge in [-0.1, -0.05) is 12.1 Å². The number of benzene rings is 1. The van der Waals surface area contributed by atoms with Gasteiger partial charge in [-0.25, -0.2) is 4.39 Å². The summed E-state index contributed by atoms with van der Waals surface area (Å²) in [7, 11) is 0. The van der Waals surface area contributed by atoms with E-state index in [1.54, 1.807) is 18.4 Å². The highest BCUT2D eigenvalue weighted by Gasteiger charge is 2.17. The van der Waals surface area contributed by atoms with Gasteiger partial charge in [0, 0.05) is 17.7 Å². The third-order valence-electron chi connectivity index (χ3n) is 4.33. The van der Waals surface area contributed by atoms with E-state index in [9.17, 15) is 4.39 Å². The Labute approximate surface area is 124 Å². The molecule has 2 heterocycles. The summed E-state index contributed by atoms with van der Waals surface area (Å²) >= 11 is 0. The first-order chi connectivity index (χ1) is 10.2. The highest BCUT2D eigenvalue weighted by atomic mass is 19.1. The van der Waals surface area contributed by atoms with Crippen LogP contribution in [0.1, 0.15) is 25.3 Å². The predicted molar refractivity (Wildman–Crippen MR) is 80.4 cm³/mol. The van der Waals surface area contributed by atoms with Crippen LogP contribution in [-0.4, -0.2) is 29.7 Å². The Kier molecular flexibility index (Phi) is 4.34. The lowest BCUT2D eigenvalue weighted by molar-refractivity contribution is 0.194. The Balaban J connectivity index is 1.64. The summed E-state index contributed by atoms with van der Waals surface area (Å²) in [5.74, 6) is 0.623. The number of aromatic nitrogens is 1. The van der Waals surface area contributed by atoms with E-state index in [4.69, 9.17) is 4.52 Å². The first-order valence-corrected chi connectivity index (χ1v) is 7.64. The van der Waals surface area contributed by atoms with E-state index >= 15 is 0 Å². The normalized spacial score (nSPS) is 17.2. The molecule has 2 aromatic rings. The topological polar surface area (TPSA) is 29.3 Å². The summed E-state index contributed by atoms with van der Waals surface area (Å²) in [5, 5.41) is 4.08. The second-order valence-electron chi connectivity index (χ2n) is 5.97. The van der Waals surface area contributed by atoms with Crippen molar-refractivity contribution >= 4 is 0 Å². The van der Waals surface area contributed by atoms with Gasteiger partial charge < -0.3 is 9.42 Å². The first kappa shape index (κ1) is 14.3. The molecule has 0 aliphatic carbocycles. The fourth-order valence-electron chi connectivity index (χ4n) is 2.84. The molecule has 0 saturated carbocycles. The molecule has 0 unspecified atom stereocenters. The van der Waals surface area contributed by atoms with E-state index in [2.05, 4.69) is 17.0 Å². The Morgan fingerprint density at radius 3 is 2.67 bits per heavy atom. The summed E-state index contributed by atoms with van der Waals surface area (Å²) in [6, 6.07) is 6.41. The molecule has 0 bridgehead atoms. The standard InChI is InChI=1S/C17H21FN2O/c1-13-6-9-20(10-7-13)11-8-15-12-21-19-17(15)14-2-4-16(18)5-3-14/h2-5,12-13H,6-11H2,1H3. The van der Waals surface area contributed by atoms with Crippen molar-refractivity contribution in [3.8, 4) is 11.3 Å². The molecule has 1 aromatic carbocycles. The Bertz CT molecular complexity index is 571. The van der Waals surface area contributed by atoms with E-state index in [0.717, 1.165) is 35.7 Å². The van der Waals surface area contributed by atoms with E-state index in [0.29, 0.717) is 0 Å². The second kappa shape index (κ2) is 6.39. The summed E-state index contributed by atoms with van der Waals surface area (Å²) < 4.78 is 18.1. The SMILES string of the molecule is CC1CCN(CCc2conc2-c2ccc(F)cc2)CC1. The molecular weight excluding hydrogens is 267 g/mol. The molecule has 1 aliphatic heterocycles. The fourth-order valence-corrected chi connectivity index (χ4v) is 2.84. The van der Waals surface area contributed by atoms with Gasteiger partial charge in [0.1, 0.15) is 17.8 Å². The van der Waals surface area contributed by atoms with Gasteiger partial charge in [-0.3, -0.25) is 0 Å². The molecule has 0 radical (unpaired) electrons.